The Morgan fingerprint density at radius 2 is 1.93 bits per heavy atom. The summed E-state index contributed by atoms with van der Waals surface area (Å²) in [4.78, 5) is 15.5. The number of rotatable bonds is 6. The van der Waals surface area contributed by atoms with E-state index in [9.17, 15) is 23.1 Å². The Balaban J connectivity index is 2.05. The highest BCUT2D eigenvalue weighted by Gasteiger charge is 2.21. The molecule has 3 rings (SSSR count). The van der Waals surface area contributed by atoms with Gasteiger partial charge in [0.05, 0.1) is 11.1 Å². The van der Waals surface area contributed by atoms with Gasteiger partial charge in [-0.1, -0.05) is 13.0 Å². The average Bonchev–Trinajstić information content (AvgIpc) is 3.04. The van der Waals surface area contributed by atoms with Crippen molar-refractivity contribution in [1.82, 2.24) is 4.98 Å². The number of primary amides is 1. The number of benzene rings is 1. The molecule has 0 aliphatic rings. The van der Waals surface area contributed by atoms with Crippen LogP contribution in [0.4, 0.5) is 24.0 Å². The summed E-state index contributed by atoms with van der Waals surface area (Å²) in [5, 5.41) is 12.1. The molecule has 0 radical (unpaired) electrons. The minimum Gasteiger partial charge on any atom is -0.396 e. The van der Waals surface area contributed by atoms with E-state index in [2.05, 4.69) is 10.3 Å². The van der Waals surface area contributed by atoms with Crippen LogP contribution >= 0.6 is 11.3 Å². The van der Waals surface area contributed by atoms with Crippen molar-refractivity contribution in [2.24, 2.45) is 5.73 Å². The van der Waals surface area contributed by atoms with Gasteiger partial charge in [-0.3, -0.25) is 4.79 Å². The van der Waals surface area contributed by atoms with Crippen molar-refractivity contribution in [2.45, 2.75) is 12.8 Å². The molecule has 0 spiro atoms. The fourth-order valence-electron chi connectivity index (χ4n) is 2.60. The number of hydrogen-bond donors (Lipinski definition) is 3. The molecular weight excluding hydrogens is 391 g/mol. The third kappa shape index (κ3) is 4.00. The van der Waals surface area contributed by atoms with Crippen LogP contribution in [0.1, 0.15) is 28.8 Å². The molecule has 0 saturated carbocycles. The largest absolute Gasteiger partial charge is 0.396 e. The molecule has 9 heteroatoms. The minimum atomic E-state index is -0.831. The Hall–Kier alpha value is -2.91. The van der Waals surface area contributed by atoms with Gasteiger partial charge in [-0.15, -0.1) is 11.3 Å². The lowest BCUT2D eigenvalue weighted by Crippen LogP contribution is -2.11. The topological polar surface area (TPSA) is 88.2 Å². The van der Waals surface area contributed by atoms with Gasteiger partial charge in [-0.05, 0) is 35.9 Å². The molecule has 5 nitrogen and oxygen atoms in total. The van der Waals surface area contributed by atoms with Crippen LogP contribution in [0.5, 0.6) is 0 Å². The Kier molecular flexibility index (Phi) is 5.66. The molecule has 2 heterocycles. The van der Waals surface area contributed by atoms with Crippen LogP contribution in [0.3, 0.4) is 0 Å². The number of aliphatic hydroxyl groups is 1. The monoisotopic (exact) mass is 407 g/mol. The van der Waals surface area contributed by atoms with E-state index in [4.69, 9.17) is 5.73 Å². The summed E-state index contributed by atoms with van der Waals surface area (Å²) in [5.74, 6) is -3.52. The fraction of sp³-hybridized carbons (Fsp3) is 0.158. The lowest BCUT2D eigenvalue weighted by atomic mass is 9.99. The Morgan fingerprint density at radius 3 is 2.50 bits per heavy atom. The number of nitrogens with one attached hydrogen (secondary N) is 1. The molecule has 1 unspecified atom stereocenters. The Labute approximate surface area is 162 Å². The maximum absolute atomic E-state index is 14.6. The van der Waals surface area contributed by atoms with Crippen LogP contribution < -0.4 is 11.1 Å². The number of carbonyl (C=O) groups excluding carboxylic acids is 1. The molecule has 0 bridgehead atoms. The van der Waals surface area contributed by atoms with Crippen LogP contribution in [0.15, 0.2) is 36.4 Å². The number of pyridine rings is 1. The van der Waals surface area contributed by atoms with E-state index in [1.54, 1.807) is 6.92 Å². The molecule has 2 aromatic heterocycles. The van der Waals surface area contributed by atoms with E-state index in [1.807, 2.05) is 0 Å². The van der Waals surface area contributed by atoms with Crippen molar-refractivity contribution in [3.63, 3.8) is 0 Å². The third-order valence-electron chi connectivity index (χ3n) is 4.11. The fourth-order valence-corrected chi connectivity index (χ4v) is 3.72. The smallest absolute Gasteiger partial charge is 0.251 e. The van der Waals surface area contributed by atoms with Crippen LogP contribution in [-0.2, 0) is 0 Å². The first-order chi connectivity index (χ1) is 13.3. The number of hydrogen-bond acceptors (Lipinski definition) is 5. The zero-order valence-electron chi connectivity index (χ0n) is 14.7. The number of anilines is 2. The normalized spacial score (nSPS) is 12.0. The standard InChI is InChI=1S/C19H16F3N3O2S/c1-9(8-26)10-5-12(20)17(13(21)6-10)14-7-11(18(23)27)19(28-14)25-16-4-2-3-15(22)24-16/h2-7,9,26H,8H2,1H3,(H2,23,27)(H,24,25). The molecule has 0 fully saturated rings. The van der Waals surface area contributed by atoms with Gasteiger partial charge in [-0.25, -0.2) is 13.8 Å². The van der Waals surface area contributed by atoms with Gasteiger partial charge in [0, 0.05) is 17.4 Å². The zero-order valence-corrected chi connectivity index (χ0v) is 15.5. The quantitative estimate of drug-likeness (QED) is 0.535. The number of aliphatic hydroxyl groups excluding tert-OH is 1. The van der Waals surface area contributed by atoms with Crippen LogP contribution in [-0.4, -0.2) is 22.6 Å². The summed E-state index contributed by atoms with van der Waals surface area (Å²) in [5.41, 5.74) is 5.36. The summed E-state index contributed by atoms with van der Waals surface area (Å²) in [6.45, 7) is 1.38. The molecule has 146 valence electrons. The van der Waals surface area contributed by atoms with E-state index in [-0.39, 0.29) is 33.4 Å². The predicted octanol–water partition coefficient (Wildman–Crippen LogP) is 4.17. The van der Waals surface area contributed by atoms with E-state index < -0.39 is 29.4 Å². The number of thiophene rings is 1. The summed E-state index contributed by atoms with van der Waals surface area (Å²) >= 11 is 0.886. The van der Waals surface area contributed by atoms with Gasteiger partial charge in [-0.2, -0.15) is 4.39 Å². The van der Waals surface area contributed by atoms with E-state index in [0.29, 0.717) is 5.56 Å². The number of carbonyl (C=O) groups is 1. The van der Waals surface area contributed by atoms with Crippen LogP contribution in [0, 0.1) is 17.6 Å². The summed E-state index contributed by atoms with van der Waals surface area (Å²) in [6, 6.07) is 7.60. The molecule has 0 saturated heterocycles. The lowest BCUT2D eigenvalue weighted by molar-refractivity contribution is 0.100. The van der Waals surface area contributed by atoms with Gasteiger partial charge in [0.15, 0.2) is 0 Å². The highest BCUT2D eigenvalue weighted by molar-refractivity contribution is 7.20. The second-order valence-electron chi connectivity index (χ2n) is 6.13. The maximum Gasteiger partial charge on any atom is 0.251 e. The van der Waals surface area contributed by atoms with E-state index in [0.717, 1.165) is 29.5 Å². The SMILES string of the molecule is CC(CO)c1cc(F)c(-c2cc(C(N)=O)c(Nc3cccc(F)n3)s2)c(F)c1. The van der Waals surface area contributed by atoms with Gasteiger partial charge >= 0.3 is 0 Å². The van der Waals surface area contributed by atoms with E-state index >= 15 is 0 Å². The van der Waals surface area contributed by atoms with Crippen molar-refractivity contribution in [2.75, 3.05) is 11.9 Å². The molecule has 4 N–H and O–H groups in total. The Bertz CT molecular complexity index is 1020. The molecule has 1 atom stereocenters. The third-order valence-corrected chi connectivity index (χ3v) is 5.18. The predicted molar refractivity (Wildman–Crippen MR) is 101 cm³/mol. The number of nitrogens with zero attached hydrogens (tertiary/aromatic N) is 1. The summed E-state index contributed by atoms with van der Waals surface area (Å²) < 4.78 is 42.5. The highest BCUT2D eigenvalue weighted by atomic mass is 32.1. The van der Waals surface area contributed by atoms with Gasteiger partial charge < -0.3 is 16.2 Å². The average molecular weight is 407 g/mol. The van der Waals surface area contributed by atoms with Crippen molar-refractivity contribution < 1.29 is 23.1 Å². The van der Waals surface area contributed by atoms with E-state index in [1.165, 1.54) is 18.2 Å². The Morgan fingerprint density at radius 1 is 1.25 bits per heavy atom. The second-order valence-corrected chi connectivity index (χ2v) is 7.18. The number of halogens is 3. The first kappa shape index (κ1) is 19.8. The summed E-state index contributed by atoms with van der Waals surface area (Å²) in [6.07, 6.45) is 0. The number of amides is 1. The molecular formula is C19H16F3N3O2S. The first-order valence-corrected chi connectivity index (χ1v) is 9.05. The minimum absolute atomic E-state index is 0.00216. The zero-order chi connectivity index (χ0) is 20.4. The molecule has 1 aromatic carbocycles. The highest BCUT2D eigenvalue weighted by Crippen LogP contribution is 2.39. The van der Waals surface area contributed by atoms with Crippen molar-refractivity contribution in [3.05, 3.63) is 65.1 Å². The van der Waals surface area contributed by atoms with Crippen molar-refractivity contribution >= 4 is 28.1 Å². The van der Waals surface area contributed by atoms with Crippen LogP contribution in [0.2, 0.25) is 0 Å². The number of nitrogens with two attached hydrogens (primary N) is 1. The molecule has 3 aromatic rings. The van der Waals surface area contributed by atoms with Gasteiger partial charge in [0.25, 0.3) is 5.91 Å². The van der Waals surface area contributed by atoms with Crippen LogP contribution in [0.25, 0.3) is 10.4 Å². The molecule has 28 heavy (non-hydrogen) atoms. The van der Waals surface area contributed by atoms with Crippen molar-refractivity contribution in [1.29, 1.82) is 0 Å². The van der Waals surface area contributed by atoms with Gasteiger partial charge in [0.2, 0.25) is 5.95 Å². The lowest BCUT2D eigenvalue weighted by Gasteiger charge is -2.11. The molecule has 0 aliphatic heterocycles. The maximum atomic E-state index is 14.6. The number of aromatic nitrogens is 1. The van der Waals surface area contributed by atoms with Crippen molar-refractivity contribution in [3.8, 4) is 10.4 Å². The molecule has 0 aliphatic carbocycles. The molecule has 1 amide bonds. The first-order valence-electron chi connectivity index (χ1n) is 8.23. The second kappa shape index (κ2) is 7.99. The van der Waals surface area contributed by atoms with Gasteiger partial charge in [0.1, 0.15) is 22.5 Å². The summed E-state index contributed by atoms with van der Waals surface area (Å²) in [7, 11) is 0.